The molecule has 1 aromatic heterocycles. The molecule has 0 saturated carbocycles. The van der Waals surface area contributed by atoms with Crippen LogP contribution >= 0.6 is 0 Å². The van der Waals surface area contributed by atoms with Crippen molar-refractivity contribution in [3.63, 3.8) is 0 Å². The maximum absolute atomic E-state index is 12.7. The van der Waals surface area contributed by atoms with Crippen LogP contribution in [0.1, 0.15) is 38.3 Å². The molecule has 0 spiro atoms. The minimum absolute atomic E-state index is 0.0805. The van der Waals surface area contributed by atoms with Crippen LogP contribution in [0.4, 0.5) is 0 Å². The summed E-state index contributed by atoms with van der Waals surface area (Å²) < 4.78 is 1.98. The lowest BCUT2D eigenvalue weighted by Gasteiger charge is -2.24. The van der Waals surface area contributed by atoms with Gasteiger partial charge in [-0.2, -0.15) is 5.10 Å². The first-order chi connectivity index (χ1) is 11.9. The first-order valence-electron chi connectivity index (χ1n) is 9.22. The summed E-state index contributed by atoms with van der Waals surface area (Å²) in [4.78, 5) is 30.4. The highest BCUT2D eigenvalue weighted by Gasteiger charge is 2.35. The predicted octanol–water partition coefficient (Wildman–Crippen LogP) is 0.977. The second-order valence-corrected chi connectivity index (χ2v) is 7.55. The van der Waals surface area contributed by atoms with Crippen molar-refractivity contribution in [3.8, 4) is 0 Å². The predicted molar refractivity (Wildman–Crippen MR) is 94.8 cm³/mol. The lowest BCUT2D eigenvalue weighted by Crippen LogP contribution is -2.39. The van der Waals surface area contributed by atoms with Gasteiger partial charge in [0.05, 0.1) is 12.1 Å². The topological polar surface area (TPSA) is 61.7 Å². The molecular formula is C18H29N5O2. The lowest BCUT2D eigenvalue weighted by molar-refractivity contribution is -0.135. The van der Waals surface area contributed by atoms with Crippen molar-refractivity contribution >= 4 is 11.8 Å². The normalized spacial score (nSPS) is 22.7. The van der Waals surface area contributed by atoms with E-state index in [-0.39, 0.29) is 17.7 Å². The van der Waals surface area contributed by atoms with Gasteiger partial charge in [-0.15, -0.1) is 0 Å². The van der Waals surface area contributed by atoms with Crippen molar-refractivity contribution < 1.29 is 9.59 Å². The zero-order valence-corrected chi connectivity index (χ0v) is 15.5. The highest BCUT2D eigenvalue weighted by Crippen LogP contribution is 2.20. The summed E-state index contributed by atoms with van der Waals surface area (Å²) in [5.41, 5.74) is 1.22. The van der Waals surface area contributed by atoms with E-state index in [1.807, 2.05) is 15.8 Å². The van der Waals surface area contributed by atoms with Crippen LogP contribution in [0.25, 0.3) is 0 Å². The van der Waals surface area contributed by atoms with Gasteiger partial charge in [-0.3, -0.25) is 19.2 Å². The van der Waals surface area contributed by atoms with E-state index >= 15 is 0 Å². The number of carbonyl (C=O) groups excluding carboxylic acids is 2. The summed E-state index contributed by atoms with van der Waals surface area (Å²) in [6.07, 6.45) is 5.39. The van der Waals surface area contributed by atoms with Crippen molar-refractivity contribution in [2.45, 2.75) is 39.3 Å². The van der Waals surface area contributed by atoms with E-state index in [9.17, 15) is 9.59 Å². The average molecular weight is 347 g/mol. The van der Waals surface area contributed by atoms with E-state index in [1.165, 1.54) is 5.56 Å². The molecule has 0 radical (unpaired) electrons. The van der Waals surface area contributed by atoms with Crippen molar-refractivity contribution in [2.24, 2.45) is 5.92 Å². The molecule has 3 rings (SSSR count). The molecule has 0 aromatic carbocycles. The molecule has 1 aromatic rings. The minimum atomic E-state index is -0.159. The highest BCUT2D eigenvalue weighted by atomic mass is 16.2. The third kappa shape index (κ3) is 4.21. The summed E-state index contributed by atoms with van der Waals surface area (Å²) >= 11 is 0. The molecule has 1 atom stereocenters. The maximum Gasteiger partial charge on any atom is 0.228 e. The second-order valence-electron chi connectivity index (χ2n) is 7.55. The molecule has 7 heteroatoms. The summed E-state index contributed by atoms with van der Waals surface area (Å²) in [6.45, 7) is 9.07. The van der Waals surface area contributed by atoms with Crippen LogP contribution in [-0.4, -0.2) is 76.1 Å². The summed E-state index contributed by atoms with van der Waals surface area (Å²) in [6, 6.07) is 0.373. The Kier molecular flexibility index (Phi) is 5.42. The lowest BCUT2D eigenvalue weighted by atomic mass is 10.1. The van der Waals surface area contributed by atoms with E-state index in [0.717, 1.165) is 39.1 Å². The second kappa shape index (κ2) is 7.56. The van der Waals surface area contributed by atoms with Gasteiger partial charge in [-0.1, -0.05) is 0 Å². The largest absolute Gasteiger partial charge is 0.345 e. The van der Waals surface area contributed by atoms with Gasteiger partial charge in [0.25, 0.3) is 0 Å². The van der Waals surface area contributed by atoms with Gasteiger partial charge in [0.2, 0.25) is 11.8 Å². The Labute approximate surface area is 149 Å². The molecule has 2 saturated heterocycles. The van der Waals surface area contributed by atoms with E-state index in [4.69, 9.17) is 0 Å². The molecule has 2 aliphatic rings. The molecule has 0 aliphatic carbocycles. The SMILES string of the molecule is CC(C)n1cc(CN2CCCN(C(=O)C3CC(=O)N(C)C3)CC2)cn1. The molecular weight excluding hydrogens is 318 g/mol. The zero-order chi connectivity index (χ0) is 18.0. The van der Waals surface area contributed by atoms with Gasteiger partial charge < -0.3 is 9.80 Å². The van der Waals surface area contributed by atoms with Crippen molar-refractivity contribution in [1.29, 1.82) is 0 Å². The van der Waals surface area contributed by atoms with Crippen molar-refractivity contribution in [2.75, 3.05) is 39.8 Å². The fourth-order valence-electron chi connectivity index (χ4n) is 3.64. The molecule has 2 amide bonds. The fourth-order valence-corrected chi connectivity index (χ4v) is 3.64. The Hall–Kier alpha value is -1.89. The highest BCUT2D eigenvalue weighted by molar-refractivity contribution is 5.89. The molecule has 25 heavy (non-hydrogen) atoms. The van der Waals surface area contributed by atoms with Crippen LogP contribution in [0.2, 0.25) is 0 Å². The third-order valence-electron chi connectivity index (χ3n) is 5.18. The molecule has 7 nitrogen and oxygen atoms in total. The Morgan fingerprint density at radius 2 is 2.08 bits per heavy atom. The van der Waals surface area contributed by atoms with Gasteiger partial charge >= 0.3 is 0 Å². The fraction of sp³-hybridized carbons (Fsp3) is 0.722. The number of likely N-dealkylation sites (tertiary alicyclic amines) is 1. The van der Waals surface area contributed by atoms with Gasteiger partial charge in [0.15, 0.2) is 0 Å². The first kappa shape index (κ1) is 17.9. The summed E-state index contributed by atoms with van der Waals surface area (Å²) in [7, 11) is 1.77. The number of aromatic nitrogens is 2. The van der Waals surface area contributed by atoms with Gasteiger partial charge in [-0.25, -0.2) is 0 Å². The maximum atomic E-state index is 12.7. The standard InChI is InChI=1S/C18H29N5O2/c1-14(2)23-12-15(10-19-23)11-21-5-4-6-22(8-7-21)18(25)16-9-17(24)20(3)13-16/h10,12,14,16H,4-9,11,13H2,1-3H3. The van der Waals surface area contributed by atoms with Crippen molar-refractivity contribution in [3.05, 3.63) is 18.0 Å². The average Bonchev–Trinajstić information content (AvgIpc) is 3.09. The molecule has 2 fully saturated rings. The van der Waals surface area contributed by atoms with Crippen LogP contribution in [0.3, 0.4) is 0 Å². The molecule has 3 heterocycles. The molecule has 1 unspecified atom stereocenters. The van der Waals surface area contributed by atoms with Gasteiger partial charge in [0.1, 0.15) is 0 Å². The Bertz CT molecular complexity index is 627. The molecule has 0 N–H and O–H groups in total. The van der Waals surface area contributed by atoms with Crippen LogP contribution in [0.15, 0.2) is 12.4 Å². The Morgan fingerprint density at radius 3 is 2.72 bits per heavy atom. The minimum Gasteiger partial charge on any atom is -0.345 e. The van der Waals surface area contributed by atoms with Crippen LogP contribution in [0, 0.1) is 5.92 Å². The molecule has 138 valence electrons. The number of hydrogen-bond acceptors (Lipinski definition) is 4. The van der Waals surface area contributed by atoms with Gasteiger partial charge in [-0.05, 0) is 20.3 Å². The van der Waals surface area contributed by atoms with E-state index in [0.29, 0.717) is 19.0 Å². The zero-order valence-electron chi connectivity index (χ0n) is 15.5. The van der Waals surface area contributed by atoms with E-state index < -0.39 is 0 Å². The van der Waals surface area contributed by atoms with Crippen LogP contribution in [-0.2, 0) is 16.1 Å². The molecule has 2 aliphatic heterocycles. The van der Waals surface area contributed by atoms with Crippen molar-refractivity contribution in [1.82, 2.24) is 24.5 Å². The first-order valence-corrected chi connectivity index (χ1v) is 9.22. The number of rotatable bonds is 4. The van der Waals surface area contributed by atoms with Gasteiger partial charge in [0, 0.05) is 70.5 Å². The monoisotopic (exact) mass is 347 g/mol. The van der Waals surface area contributed by atoms with Crippen LogP contribution in [0.5, 0.6) is 0 Å². The number of hydrogen-bond donors (Lipinski definition) is 0. The number of amides is 2. The summed E-state index contributed by atoms with van der Waals surface area (Å²) in [5, 5.41) is 4.40. The number of nitrogens with zero attached hydrogens (tertiary/aromatic N) is 5. The van der Waals surface area contributed by atoms with E-state index in [2.05, 4.69) is 30.0 Å². The van der Waals surface area contributed by atoms with E-state index in [1.54, 1.807) is 11.9 Å². The Balaban J connectivity index is 1.53. The molecule has 0 bridgehead atoms. The van der Waals surface area contributed by atoms with Crippen LogP contribution < -0.4 is 0 Å². The number of carbonyl (C=O) groups is 2. The Morgan fingerprint density at radius 1 is 1.28 bits per heavy atom. The summed E-state index contributed by atoms with van der Waals surface area (Å²) in [5.74, 6) is 0.0671. The quantitative estimate of drug-likeness (QED) is 0.814. The smallest absolute Gasteiger partial charge is 0.228 e. The third-order valence-corrected chi connectivity index (χ3v) is 5.18.